The van der Waals surface area contributed by atoms with E-state index in [2.05, 4.69) is 15.2 Å². The van der Waals surface area contributed by atoms with Gasteiger partial charge < -0.3 is 0 Å². The number of aryl methyl sites for hydroxylation is 1. The lowest BCUT2D eigenvalue weighted by Crippen LogP contribution is -2.44. The third kappa shape index (κ3) is 3.62. The van der Waals surface area contributed by atoms with Crippen LogP contribution < -0.4 is 4.90 Å². The van der Waals surface area contributed by atoms with Crippen LogP contribution in [-0.2, 0) is 11.3 Å². The van der Waals surface area contributed by atoms with E-state index < -0.39 is 18.1 Å². The summed E-state index contributed by atoms with van der Waals surface area (Å²) in [6.07, 6.45) is -1.90. The first kappa shape index (κ1) is 21.1. The van der Waals surface area contributed by atoms with E-state index in [1.807, 2.05) is 0 Å². The summed E-state index contributed by atoms with van der Waals surface area (Å²) in [5, 5.41) is 8.97. The van der Waals surface area contributed by atoms with Crippen LogP contribution >= 0.6 is 0 Å². The number of carbonyl (C=O) groups is 1. The van der Waals surface area contributed by atoms with Crippen molar-refractivity contribution < 1.29 is 22.4 Å². The van der Waals surface area contributed by atoms with Gasteiger partial charge in [-0.25, -0.2) is 18.7 Å². The lowest BCUT2D eigenvalue weighted by atomic mass is 10.0. The molecule has 0 spiro atoms. The smallest absolute Gasteiger partial charge is 0.295 e. The Balaban J connectivity index is 1.47. The summed E-state index contributed by atoms with van der Waals surface area (Å²) in [5.41, 5.74) is 2.66. The van der Waals surface area contributed by atoms with Gasteiger partial charge in [0.15, 0.2) is 11.7 Å². The fourth-order valence-corrected chi connectivity index (χ4v) is 4.28. The summed E-state index contributed by atoms with van der Waals surface area (Å²) in [6, 6.07) is 7.44. The van der Waals surface area contributed by atoms with Crippen LogP contribution in [0.4, 0.5) is 23.4 Å². The maximum atomic E-state index is 13.4. The molecule has 1 aromatic carbocycles. The lowest BCUT2D eigenvalue weighted by molar-refractivity contribution is -0.173. The van der Waals surface area contributed by atoms with Crippen molar-refractivity contribution in [1.82, 2.24) is 24.5 Å². The third-order valence-electron chi connectivity index (χ3n) is 5.77. The zero-order valence-electron chi connectivity index (χ0n) is 17.4. The van der Waals surface area contributed by atoms with Crippen molar-refractivity contribution in [1.29, 1.82) is 0 Å². The second-order valence-electron chi connectivity index (χ2n) is 7.83. The summed E-state index contributed by atoms with van der Waals surface area (Å²) < 4.78 is 55.7. The molecule has 0 N–H and O–H groups in total. The Morgan fingerprint density at radius 2 is 1.88 bits per heavy atom. The number of aromatic nitrogens is 5. The molecular formula is C22H18F4N6O. The van der Waals surface area contributed by atoms with Gasteiger partial charge in [-0.3, -0.25) is 9.69 Å². The molecular weight excluding hydrogens is 440 g/mol. The highest BCUT2D eigenvalue weighted by Gasteiger charge is 2.45. The van der Waals surface area contributed by atoms with E-state index in [9.17, 15) is 22.4 Å². The van der Waals surface area contributed by atoms with Crippen molar-refractivity contribution in [2.24, 2.45) is 0 Å². The lowest BCUT2D eigenvalue weighted by Gasteiger charge is -2.33. The molecule has 1 amide bonds. The van der Waals surface area contributed by atoms with Gasteiger partial charge in [0, 0.05) is 24.2 Å². The molecule has 0 bridgehead atoms. The number of hydrogen-bond donors (Lipinski definition) is 0. The predicted octanol–water partition coefficient (Wildman–Crippen LogP) is 4.28. The molecule has 0 saturated heterocycles. The second kappa shape index (κ2) is 7.68. The molecule has 5 rings (SSSR count). The van der Waals surface area contributed by atoms with Crippen molar-refractivity contribution in [3.05, 3.63) is 60.3 Å². The molecule has 0 radical (unpaired) electrons. The first-order valence-corrected chi connectivity index (χ1v) is 10.2. The Hall–Kier alpha value is -3.76. The monoisotopic (exact) mass is 458 g/mol. The van der Waals surface area contributed by atoms with Crippen LogP contribution in [0.5, 0.6) is 0 Å². The minimum atomic E-state index is -4.45. The van der Waals surface area contributed by atoms with E-state index in [-0.39, 0.29) is 31.1 Å². The van der Waals surface area contributed by atoms with E-state index >= 15 is 0 Å². The highest BCUT2D eigenvalue weighted by molar-refractivity contribution is 5.97. The van der Waals surface area contributed by atoms with Crippen molar-refractivity contribution in [3.63, 3.8) is 0 Å². The number of nitrogens with zero attached hydrogens (tertiary/aromatic N) is 6. The van der Waals surface area contributed by atoms with Gasteiger partial charge in [-0.05, 0) is 42.7 Å². The zero-order chi connectivity index (χ0) is 23.3. The molecule has 33 heavy (non-hydrogen) atoms. The van der Waals surface area contributed by atoms with Gasteiger partial charge in [-0.2, -0.15) is 23.4 Å². The molecule has 4 aromatic rings. The van der Waals surface area contributed by atoms with E-state index in [4.69, 9.17) is 0 Å². The van der Waals surface area contributed by atoms with Gasteiger partial charge in [-0.15, -0.1) is 0 Å². The fraction of sp³-hybridized carbons (Fsp3) is 0.273. The van der Waals surface area contributed by atoms with Crippen LogP contribution in [0.1, 0.15) is 18.2 Å². The van der Waals surface area contributed by atoms with Gasteiger partial charge in [0.1, 0.15) is 18.2 Å². The van der Waals surface area contributed by atoms with Crippen LogP contribution in [0.25, 0.3) is 22.2 Å². The number of rotatable bonds is 3. The molecule has 170 valence electrons. The molecule has 1 aliphatic rings. The fourth-order valence-electron chi connectivity index (χ4n) is 4.28. The topological polar surface area (TPSA) is 68.8 Å². The maximum Gasteiger partial charge on any atom is 0.410 e. The van der Waals surface area contributed by atoms with Gasteiger partial charge in [0.25, 0.3) is 0 Å². The zero-order valence-corrected chi connectivity index (χ0v) is 17.4. The number of fused-ring (bicyclic) bond motifs is 2. The maximum absolute atomic E-state index is 13.4. The van der Waals surface area contributed by atoms with Crippen LogP contribution in [0.2, 0.25) is 0 Å². The number of pyridine rings is 1. The standard InChI is InChI=1S/C22H18F4N6O/c1-13-20-16(14-2-4-15(23)5-3-14)6-9-27-21(20)31(29-13)12-19(33)30-11-8-17(22(24,25)26)32-18(30)7-10-28-32/h2-7,9-10,17H,8,11-12H2,1H3. The van der Waals surface area contributed by atoms with Crippen molar-refractivity contribution >= 4 is 22.8 Å². The number of benzene rings is 1. The van der Waals surface area contributed by atoms with Gasteiger partial charge >= 0.3 is 6.18 Å². The number of hydrogen-bond acceptors (Lipinski definition) is 4. The summed E-state index contributed by atoms with van der Waals surface area (Å²) in [6.45, 7) is 1.50. The van der Waals surface area contributed by atoms with Crippen LogP contribution in [0.15, 0.2) is 48.8 Å². The number of amides is 1. The van der Waals surface area contributed by atoms with Crippen molar-refractivity contribution in [3.8, 4) is 11.1 Å². The third-order valence-corrected chi connectivity index (χ3v) is 5.77. The minimum Gasteiger partial charge on any atom is -0.295 e. The molecule has 7 nitrogen and oxygen atoms in total. The van der Waals surface area contributed by atoms with E-state index in [0.717, 1.165) is 21.2 Å². The highest BCUT2D eigenvalue weighted by atomic mass is 19.4. The molecule has 11 heteroatoms. The van der Waals surface area contributed by atoms with Crippen LogP contribution in [0, 0.1) is 12.7 Å². The predicted molar refractivity (Wildman–Crippen MR) is 112 cm³/mol. The summed E-state index contributed by atoms with van der Waals surface area (Å²) in [4.78, 5) is 18.8. The van der Waals surface area contributed by atoms with E-state index in [1.165, 1.54) is 34.0 Å². The molecule has 4 heterocycles. The number of halogens is 4. The molecule has 0 fully saturated rings. The van der Waals surface area contributed by atoms with Crippen LogP contribution in [-0.4, -0.2) is 43.2 Å². The van der Waals surface area contributed by atoms with Crippen molar-refractivity contribution in [2.45, 2.75) is 32.1 Å². The van der Waals surface area contributed by atoms with Gasteiger partial charge in [0.2, 0.25) is 5.91 Å². The summed E-state index contributed by atoms with van der Waals surface area (Å²) in [5.74, 6) is -0.673. The Morgan fingerprint density at radius 1 is 1.12 bits per heavy atom. The Kier molecular flexibility index (Phi) is 4.91. The Bertz CT molecular complexity index is 1340. The summed E-state index contributed by atoms with van der Waals surface area (Å²) in [7, 11) is 0. The quantitative estimate of drug-likeness (QED) is 0.430. The van der Waals surface area contributed by atoms with E-state index in [0.29, 0.717) is 11.3 Å². The second-order valence-corrected chi connectivity index (χ2v) is 7.83. The number of carbonyl (C=O) groups excluding carboxylic acids is 1. The summed E-state index contributed by atoms with van der Waals surface area (Å²) >= 11 is 0. The highest BCUT2D eigenvalue weighted by Crippen LogP contribution is 2.39. The van der Waals surface area contributed by atoms with Gasteiger partial charge in [0.05, 0.1) is 11.9 Å². The number of alkyl halides is 3. The minimum absolute atomic E-state index is 0.0822. The molecule has 1 atom stereocenters. The van der Waals surface area contributed by atoms with E-state index in [1.54, 1.807) is 31.3 Å². The largest absolute Gasteiger partial charge is 0.410 e. The normalized spacial score (nSPS) is 16.3. The first-order valence-electron chi connectivity index (χ1n) is 10.2. The molecule has 1 aliphatic heterocycles. The van der Waals surface area contributed by atoms with Crippen molar-refractivity contribution in [2.75, 3.05) is 11.4 Å². The van der Waals surface area contributed by atoms with Crippen LogP contribution in [0.3, 0.4) is 0 Å². The molecule has 3 aromatic heterocycles. The Morgan fingerprint density at radius 3 is 2.61 bits per heavy atom. The van der Waals surface area contributed by atoms with Gasteiger partial charge in [-0.1, -0.05) is 12.1 Å². The molecule has 0 aliphatic carbocycles. The Labute approximate surface area is 185 Å². The SMILES string of the molecule is Cc1nn(CC(=O)N2CCC(C(F)(F)F)n3nccc32)c2nccc(-c3ccc(F)cc3)c12. The average Bonchev–Trinajstić information content (AvgIpc) is 3.38. The molecule has 1 unspecified atom stereocenters. The average molecular weight is 458 g/mol. The first-order chi connectivity index (χ1) is 15.7. The number of anilines is 1. The molecule has 0 saturated carbocycles.